The molecule has 0 amide bonds. The number of aromatic nitrogens is 2. The summed E-state index contributed by atoms with van der Waals surface area (Å²) in [5.41, 5.74) is 1.17. The van der Waals surface area contributed by atoms with Crippen LogP contribution in [0.1, 0.15) is 20.1 Å². The largest absolute Gasteiger partial charge is 0.394 e. The van der Waals surface area contributed by atoms with E-state index < -0.39 is 31.1 Å². The number of benzene rings is 1. The number of nitrogens with zero attached hydrogens (tertiary/aromatic N) is 2. The summed E-state index contributed by atoms with van der Waals surface area (Å²) in [5, 5.41) is 33.6. The van der Waals surface area contributed by atoms with Crippen LogP contribution in [0.25, 0.3) is 11.0 Å². The van der Waals surface area contributed by atoms with Crippen molar-refractivity contribution in [2.24, 2.45) is 0 Å². The van der Waals surface area contributed by atoms with Crippen LogP contribution in [0.5, 0.6) is 0 Å². The second-order valence-corrected chi connectivity index (χ2v) is 6.90. The number of aliphatic hydroxyl groups excluding tert-OH is 3. The predicted octanol–water partition coefficient (Wildman–Crippen LogP) is 1.77. The number of imidazole rings is 1. The highest BCUT2D eigenvalue weighted by Gasteiger charge is 2.44. The fourth-order valence-electron chi connectivity index (χ4n) is 2.80. The van der Waals surface area contributed by atoms with E-state index in [2.05, 4.69) is 10.3 Å². The van der Waals surface area contributed by atoms with E-state index in [-0.39, 0.29) is 6.04 Å². The average molecular weight is 376 g/mol. The van der Waals surface area contributed by atoms with Crippen molar-refractivity contribution in [1.82, 2.24) is 9.55 Å². The molecule has 7 nitrogen and oxygen atoms in total. The Morgan fingerprint density at radius 3 is 2.50 bits per heavy atom. The van der Waals surface area contributed by atoms with Crippen LogP contribution in [-0.4, -0.2) is 55.8 Å². The van der Waals surface area contributed by atoms with Crippen LogP contribution < -0.4 is 5.32 Å². The first-order valence-corrected chi connectivity index (χ1v) is 8.35. The Hall–Kier alpha value is -1.09. The highest BCUT2D eigenvalue weighted by Crippen LogP contribution is 2.37. The zero-order chi connectivity index (χ0) is 17.6. The number of fused-ring (bicyclic) bond motifs is 1. The van der Waals surface area contributed by atoms with Crippen molar-refractivity contribution >= 4 is 40.2 Å². The number of nitrogens with one attached hydrogen (secondary N) is 1. The third-order valence-corrected chi connectivity index (χ3v) is 4.64. The molecule has 1 fully saturated rings. The van der Waals surface area contributed by atoms with Gasteiger partial charge in [-0.3, -0.25) is 4.57 Å². The molecule has 0 spiro atoms. The van der Waals surface area contributed by atoms with Gasteiger partial charge in [0.25, 0.3) is 0 Å². The maximum Gasteiger partial charge on any atom is 0.206 e. The van der Waals surface area contributed by atoms with Gasteiger partial charge in [-0.05, 0) is 26.0 Å². The van der Waals surface area contributed by atoms with E-state index in [0.717, 1.165) is 0 Å². The minimum Gasteiger partial charge on any atom is -0.394 e. The Morgan fingerprint density at radius 1 is 1.25 bits per heavy atom. The Labute approximate surface area is 148 Å². The minimum absolute atomic E-state index is 0.0728. The van der Waals surface area contributed by atoms with E-state index in [0.29, 0.717) is 27.0 Å². The molecule has 0 aliphatic carbocycles. The van der Waals surface area contributed by atoms with Crippen LogP contribution >= 0.6 is 23.2 Å². The molecule has 9 heteroatoms. The summed E-state index contributed by atoms with van der Waals surface area (Å²) >= 11 is 12.2. The van der Waals surface area contributed by atoms with E-state index >= 15 is 0 Å². The summed E-state index contributed by atoms with van der Waals surface area (Å²) in [5.74, 6) is 0.452. The maximum atomic E-state index is 10.4. The minimum atomic E-state index is -1.22. The molecule has 0 bridgehead atoms. The predicted molar refractivity (Wildman–Crippen MR) is 91.5 cm³/mol. The van der Waals surface area contributed by atoms with Crippen LogP contribution in [0.3, 0.4) is 0 Å². The zero-order valence-electron chi connectivity index (χ0n) is 13.1. The standard InChI is InChI=1S/C15H19Cl2N3O4/c1-6(2)18-15-19-9-3-7(16)8(17)4-10(9)20(15)14-13(23)12(22)11(5-21)24-14/h3-4,6,11-14,21-23H,5H2,1-2H3,(H,18,19)/t11-,12-,13+,14-/m0/s1. The van der Waals surface area contributed by atoms with Gasteiger partial charge in [-0.15, -0.1) is 0 Å². The Balaban J connectivity index is 2.15. The fraction of sp³-hybridized carbons (Fsp3) is 0.533. The normalized spacial score (nSPS) is 27.3. The van der Waals surface area contributed by atoms with Crippen LogP contribution in [0.4, 0.5) is 5.95 Å². The molecule has 1 saturated heterocycles. The summed E-state index contributed by atoms with van der Waals surface area (Å²) in [4.78, 5) is 4.48. The molecule has 1 aliphatic heterocycles. The quantitative estimate of drug-likeness (QED) is 0.649. The Kier molecular flexibility index (Phi) is 4.92. The van der Waals surface area contributed by atoms with Crippen LogP contribution in [-0.2, 0) is 4.74 Å². The number of anilines is 1. The second-order valence-electron chi connectivity index (χ2n) is 6.09. The molecule has 0 saturated carbocycles. The molecule has 2 aromatic rings. The van der Waals surface area contributed by atoms with Gasteiger partial charge in [0.15, 0.2) is 6.23 Å². The number of hydrogen-bond acceptors (Lipinski definition) is 6. The number of rotatable bonds is 4. The third kappa shape index (κ3) is 2.96. The van der Waals surface area contributed by atoms with Crippen molar-refractivity contribution in [1.29, 1.82) is 0 Å². The molecular formula is C15H19Cl2N3O4. The molecule has 0 radical (unpaired) electrons. The van der Waals surface area contributed by atoms with Gasteiger partial charge in [0.1, 0.15) is 18.3 Å². The highest BCUT2D eigenvalue weighted by atomic mass is 35.5. The molecule has 0 unspecified atom stereocenters. The number of halogens is 2. The number of ether oxygens (including phenoxy) is 1. The van der Waals surface area contributed by atoms with Crippen molar-refractivity contribution in [3.05, 3.63) is 22.2 Å². The SMILES string of the molecule is CC(C)Nc1nc2cc(Cl)c(Cl)cc2n1[C@H]1O[C@@H](CO)[C@H](O)[C@H]1O. The lowest BCUT2D eigenvalue weighted by molar-refractivity contribution is -0.0499. The first-order chi connectivity index (χ1) is 11.3. The van der Waals surface area contributed by atoms with Gasteiger partial charge < -0.3 is 25.4 Å². The van der Waals surface area contributed by atoms with Crippen LogP contribution in [0.2, 0.25) is 10.0 Å². The van der Waals surface area contributed by atoms with Gasteiger partial charge in [0.2, 0.25) is 5.95 Å². The van der Waals surface area contributed by atoms with Crippen molar-refractivity contribution < 1.29 is 20.1 Å². The van der Waals surface area contributed by atoms with Crippen molar-refractivity contribution in [3.8, 4) is 0 Å². The number of hydrogen-bond donors (Lipinski definition) is 4. The lowest BCUT2D eigenvalue weighted by Gasteiger charge is -2.21. The molecular weight excluding hydrogens is 357 g/mol. The van der Waals surface area contributed by atoms with E-state index in [1.807, 2.05) is 13.8 Å². The molecule has 4 atom stereocenters. The molecule has 1 aliphatic rings. The molecule has 24 heavy (non-hydrogen) atoms. The van der Waals surface area contributed by atoms with E-state index in [9.17, 15) is 15.3 Å². The first-order valence-electron chi connectivity index (χ1n) is 7.59. The van der Waals surface area contributed by atoms with E-state index in [4.69, 9.17) is 27.9 Å². The highest BCUT2D eigenvalue weighted by molar-refractivity contribution is 6.42. The summed E-state index contributed by atoms with van der Waals surface area (Å²) < 4.78 is 7.26. The van der Waals surface area contributed by atoms with Crippen molar-refractivity contribution in [2.45, 2.75) is 44.4 Å². The van der Waals surface area contributed by atoms with Gasteiger partial charge in [0, 0.05) is 6.04 Å². The molecule has 4 N–H and O–H groups in total. The zero-order valence-corrected chi connectivity index (χ0v) is 14.7. The van der Waals surface area contributed by atoms with E-state index in [1.54, 1.807) is 16.7 Å². The Morgan fingerprint density at radius 2 is 1.92 bits per heavy atom. The van der Waals surface area contributed by atoms with Crippen molar-refractivity contribution in [2.75, 3.05) is 11.9 Å². The average Bonchev–Trinajstić information content (AvgIpc) is 2.97. The van der Waals surface area contributed by atoms with E-state index in [1.165, 1.54) is 0 Å². The lowest BCUT2D eigenvalue weighted by atomic mass is 10.1. The topological polar surface area (TPSA) is 99.8 Å². The lowest BCUT2D eigenvalue weighted by Crippen LogP contribution is -2.33. The van der Waals surface area contributed by atoms with Gasteiger partial charge >= 0.3 is 0 Å². The molecule has 2 heterocycles. The van der Waals surface area contributed by atoms with Gasteiger partial charge in [-0.2, -0.15) is 0 Å². The van der Waals surface area contributed by atoms with Gasteiger partial charge in [-0.25, -0.2) is 4.98 Å². The van der Waals surface area contributed by atoms with Gasteiger partial charge in [0.05, 0.1) is 27.7 Å². The smallest absolute Gasteiger partial charge is 0.206 e. The second kappa shape index (κ2) is 6.67. The van der Waals surface area contributed by atoms with Gasteiger partial charge in [-0.1, -0.05) is 23.2 Å². The summed E-state index contributed by atoms with van der Waals surface area (Å²) in [6, 6.07) is 3.33. The molecule has 3 rings (SSSR count). The monoisotopic (exact) mass is 375 g/mol. The maximum absolute atomic E-state index is 10.4. The van der Waals surface area contributed by atoms with Crippen LogP contribution in [0.15, 0.2) is 12.1 Å². The third-order valence-electron chi connectivity index (χ3n) is 3.92. The molecule has 1 aromatic heterocycles. The number of aliphatic hydroxyl groups is 3. The summed E-state index contributed by atoms with van der Waals surface area (Å²) in [6.07, 6.45) is -4.22. The summed E-state index contributed by atoms with van der Waals surface area (Å²) in [7, 11) is 0. The molecule has 1 aromatic carbocycles. The summed E-state index contributed by atoms with van der Waals surface area (Å²) in [6.45, 7) is 3.49. The Bertz CT molecular complexity index is 752. The molecule has 132 valence electrons. The van der Waals surface area contributed by atoms with Crippen molar-refractivity contribution in [3.63, 3.8) is 0 Å². The fourth-order valence-corrected chi connectivity index (χ4v) is 3.12. The first kappa shape index (κ1) is 17.7. The van der Waals surface area contributed by atoms with Crippen LogP contribution in [0, 0.1) is 0 Å².